The maximum atomic E-state index is 12.3. The van der Waals surface area contributed by atoms with Crippen LogP contribution in [0.4, 0.5) is 9.59 Å². The van der Waals surface area contributed by atoms with Crippen LogP contribution in [0.15, 0.2) is 18.2 Å². The number of rotatable bonds is 13. The van der Waals surface area contributed by atoms with Crippen molar-refractivity contribution >= 4 is 24.2 Å². The monoisotopic (exact) mass is 497 g/mol. The summed E-state index contributed by atoms with van der Waals surface area (Å²) in [5, 5.41) is 0. The van der Waals surface area contributed by atoms with Crippen LogP contribution in [0.2, 0.25) is 0 Å². The standard InChI is InChI=1S/C24H35NO10/c1-6-15(4)11-21(26)33-16(5)14-32-22(27)18(25)12-17-9-10-19(34-23(28)30-7-2)20(13-17)35-24(29)31-8-3/h9-10,13,15-16,18H,6-8,11-12,14,25H2,1-5H3/t15?,16-,18-/m0/s1. The predicted molar refractivity (Wildman–Crippen MR) is 124 cm³/mol. The van der Waals surface area contributed by atoms with Gasteiger partial charge in [-0.25, -0.2) is 9.59 Å². The molecule has 2 N–H and O–H groups in total. The molecule has 0 aliphatic rings. The molecule has 0 aliphatic carbocycles. The Balaban J connectivity index is 2.75. The minimum atomic E-state index is -1.05. The molecule has 0 aromatic heterocycles. The molecule has 0 spiro atoms. The van der Waals surface area contributed by atoms with Gasteiger partial charge in [0.25, 0.3) is 0 Å². The molecule has 35 heavy (non-hydrogen) atoms. The lowest BCUT2D eigenvalue weighted by atomic mass is 10.1. The van der Waals surface area contributed by atoms with Gasteiger partial charge in [0.05, 0.1) is 13.2 Å². The van der Waals surface area contributed by atoms with Crippen LogP contribution in [0.1, 0.15) is 53.0 Å². The van der Waals surface area contributed by atoms with Crippen molar-refractivity contribution in [2.45, 2.75) is 66.0 Å². The first-order valence-electron chi connectivity index (χ1n) is 11.5. The van der Waals surface area contributed by atoms with E-state index in [2.05, 4.69) is 0 Å². The second-order valence-electron chi connectivity index (χ2n) is 7.81. The molecule has 0 saturated carbocycles. The van der Waals surface area contributed by atoms with E-state index in [9.17, 15) is 19.2 Å². The Hall–Kier alpha value is -3.34. The zero-order valence-electron chi connectivity index (χ0n) is 20.9. The van der Waals surface area contributed by atoms with Crippen LogP contribution in [-0.2, 0) is 35.0 Å². The molecule has 3 atom stereocenters. The highest BCUT2D eigenvalue weighted by Crippen LogP contribution is 2.30. The van der Waals surface area contributed by atoms with E-state index in [1.165, 1.54) is 12.1 Å². The molecule has 1 unspecified atom stereocenters. The molecule has 1 aromatic rings. The zero-order valence-corrected chi connectivity index (χ0v) is 20.9. The third-order valence-electron chi connectivity index (χ3n) is 4.68. The Bertz CT molecular complexity index is 857. The van der Waals surface area contributed by atoms with Crippen molar-refractivity contribution in [1.29, 1.82) is 0 Å². The van der Waals surface area contributed by atoms with Crippen molar-refractivity contribution in [1.82, 2.24) is 0 Å². The van der Waals surface area contributed by atoms with Crippen molar-refractivity contribution in [3.8, 4) is 11.5 Å². The van der Waals surface area contributed by atoms with Gasteiger partial charge in [0, 0.05) is 6.42 Å². The fraction of sp³-hybridized carbons (Fsp3) is 0.583. The fourth-order valence-electron chi connectivity index (χ4n) is 2.70. The van der Waals surface area contributed by atoms with E-state index >= 15 is 0 Å². The lowest BCUT2D eigenvalue weighted by Crippen LogP contribution is -2.36. The largest absolute Gasteiger partial charge is 0.513 e. The minimum absolute atomic E-state index is 0.0277. The van der Waals surface area contributed by atoms with E-state index in [0.29, 0.717) is 12.0 Å². The van der Waals surface area contributed by atoms with E-state index in [4.69, 9.17) is 34.2 Å². The van der Waals surface area contributed by atoms with Gasteiger partial charge in [0.15, 0.2) is 11.5 Å². The summed E-state index contributed by atoms with van der Waals surface area (Å²) in [6.45, 7) is 8.80. The quantitative estimate of drug-likeness (QED) is 0.242. The molecule has 0 amide bonds. The summed E-state index contributed by atoms with van der Waals surface area (Å²) in [5.74, 6) is -1.04. The smallest absolute Gasteiger partial charge is 0.461 e. The first kappa shape index (κ1) is 29.7. The summed E-state index contributed by atoms with van der Waals surface area (Å²) in [7, 11) is 0. The molecule has 0 radical (unpaired) electrons. The molecule has 0 bridgehead atoms. The van der Waals surface area contributed by atoms with E-state index in [1.807, 2.05) is 13.8 Å². The molecule has 1 rings (SSSR count). The van der Waals surface area contributed by atoms with E-state index in [-0.39, 0.29) is 49.6 Å². The first-order chi connectivity index (χ1) is 16.6. The summed E-state index contributed by atoms with van der Waals surface area (Å²) >= 11 is 0. The third kappa shape index (κ3) is 11.6. The average molecular weight is 498 g/mol. The van der Waals surface area contributed by atoms with Gasteiger partial charge in [-0.3, -0.25) is 9.59 Å². The topological polar surface area (TPSA) is 150 Å². The van der Waals surface area contributed by atoms with E-state index in [0.717, 1.165) is 6.42 Å². The van der Waals surface area contributed by atoms with Gasteiger partial charge in [-0.1, -0.05) is 26.3 Å². The summed E-state index contributed by atoms with van der Waals surface area (Å²) < 4.78 is 30.0. The number of hydrogen-bond donors (Lipinski definition) is 1. The van der Waals surface area contributed by atoms with Gasteiger partial charge in [-0.05, 0) is 50.8 Å². The second kappa shape index (κ2) is 15.5. The van der Waals surface area contributed by atoms with Crippen LogP contribution in [0.3, 0.4) is 0 Å². The summed E-state index contributed by atoms with van der Waals surface area (Å²) in [6.07, 6.45) is -1.42. The molecular weight excluding hydrogens is 462 g/mol. The number of nitrogens with two attached hydrogens (primary N) is 1. The van der Waals surface area contributed by atoms with Gasteiger partial charge in [0.2, 0.25) is 0 Å². The van der Waals surface area contributed by atoms with Crippen molar-refractivity contribution in [2.75, 3.05) is 19.8 Å². The number of esters is 2. The van der Waals surface area contributed by atoms with Gasteiger partial charge < -0.3 is 34.2 Å². The fourth-order valence-corrected chi connectivity index (χ4v) is 2.70. The number of hydrogen-bond acceptors (Lipinski definition) is 11. The van der Waals surface area contributed by atoms with Crippen LogP contribution in [0, 0.1) is 5.92 Å². The Morgan fingerprint density at radius 3 is 2.06 bits per heavy atom. The van der Waals surface area contributed by atoms with Crippen LogP contribution in [0.25, 0.3) is 0 Å². The zero-order chi connectivity index (χ0) is 26.4. The number of ether oxygens (including phenoxy) is 6. The van der Waals surface area contributed by atoms with Crippen molar-refractivity contribution in [3.05, 3.63) is 23.8 Å². The first-order valence-corrected chi connectivity index (χ1v) is 11.5. The summed E-state index contributed by atoms with van der Waals surface area (Å²) in [5.41, 5.74) is 6.46. The Labute approximate surface area is 205 Å². The van der Waals surface area contributed by atoms with Gasteiger partial charge in [0.1, 0.15) is 18.8 Å². The Morgan fingerprint density at radius 2 is 1.49 bits per heavy atom. The van der Waals surface area contributed by atoms with Crippen LogP contribution in [0.5, 0.6) is 11.5 Å². The maximum absolute atomic E-state index is 12.3. The predicted octanol–water partition coefficient (Wildman–Crippen LogP) is 3.54. The summed E-state index contributed by atoms with van der Waals surface area (Å²) in [4.78, 5) is 47.6. The number of carbonyl (C=O) groups excluding carboxylic acids is 4. The Kier molecular flexibility index (Phi) is 13.2. The molecule has 0 saturated heterocycles. The highest BCUT2D eigenvalue weighted by Gasteiger charge is 2.21. The van der Waals surface area contributed by atoms with E-state index < -0.39 is 30.4 Å². The molecule has 11 heteroatoms. The molecular formula is C24H35NO10. The maximum Gasteiger partial charge on any atom is 0.513 e. The van der Waals surface area contributed by atoms with Gasteiger partial charge >= 0.3 is 24.2 Å². The SMILES string of the molecule is CCOC(=O)Oc1ccc(C[C@H](N)C(=O)OC[C@H](C)OC(=O)CC(C)CC)cc1OC(=O)OCC. The van der Waals surface area contributed by atoms with Crippen molar-refractivity contribution in [2.24, 2.45) is 11.7 Å². The highest BCUT2D eigenvalue weighted by atomic mass is 16.7. The van der Waals surface area contributed by atoms with Gasteiger partial charge in [-0.2, -0.15) is 0 Å². The molecule has 0 heterocycles. The molecule has 11 nitrogen and oxygen atoms in total. The molecule has 196 valence electrons. The number of carbonyl (C=O) groups is 4. The molecule has 0 fully saturated rings. The number of benzene rings is 1. The van der Waals surface area contributed by atoms with Crippen LogP contribution in [-0.4, -0.2) is 56.2 Å². The lowest BCUT2D eigenvalue weighted by Gasteiger charge is -2.17. The average Bonchev–Trinajstić information content (AvgIpc) is 2.79. The van der Waals surface area contributed by atoms with Crippen LogP contribution < -0.4 is 15.2 Å². The van der Waals surface area contributed by atoms with Crippen molar-refractivity contribution in [3.63, 3.8) is 0 Å². The van der Waals surface area contributed by atoms with Gasteiger partial charge in [-0.15, -0.1) is 0 Å². The third-order valence-corrected chi connectivity index (χ3v) is 4.68. The normalized spacial score (nSPS) is 13.1. The van der Waals surface area contributed by atoms with Crippen LogP contribution >= 0.6 is 0 Å². The molecule has 0 aliphatic heterocycles. The lowest BCUT2D eigenvalue weighted by molar-refractivity contribution is -0.159. The van der Waals surface area contributed by atoms with Crippen molar-refractivity contribution < 1.29 is 47.6 Å². The minimum Gasteiger partial charge on any atom is -0.461 e. The molecule has 1 aromatic carbocycles. The Morgan fingerprint density at radius 1 is 0.886 bits per heavy atom. The van der Waals surface area contributed by atoms with E-state index in [1.54, 1.807) is 26.8 Å². The highest BCUT2D eigenvalue weighted by molar-refractivity contribution is 5.76. The second-order valence-corrected chi connectivity index (χ2v) is 7.81. The summed E-state index contributed by atoms with van der Waals surface area (Å²) in [6, 6.07) is 3.25.